The molecule has 6 nitrogen and oxygen atoms in total. The predicted molar refractivity (Wildman–Crippen MR) is 90.0 cm³/mol. The van der Waals surface area contributed by atoms with Crippen LogP contribution in [0.4, 0.5) is 5.69 Å². The molecule has 1 fully saturated rings. The van der Waals surface area contributed by atoms with E-state index >= 15 is 0 Å². The fraction of sp³-hybridized carbons (Fsp3) is 0.389. The van der Waals surface area contributed by atoms with Gasteiger partial charge in [-0.15, -0.1) is 0 Å². The summed E-state index contributed by atoms with van der Waals surface area (Å²) in [7, 11) is 1.81. The van der Waals surface area contributed by atoms with E-state index in [4.69, 9.17) is 0 Å². The minimum absolute atomic E-state index is 0.0833. The molecule has 0 saturated carbocycles. The van der Waals surface area contributed by atoms with E-state index in [1.807, 2.05) is 38.2 Å². The van der Waals surface area contributed by atoms with E-state index in [1.54, 1.807) is 9.80 Å². The lowest BCUT2D eigenvalue weighted by Gasteiger charge is -2.39. The molecule has 0 radical (unpaired) electrons. The maximum Gasteiger partial charge on any atom is 0.274 e. The number of hydrogen-bond donors (Lipinski definition) is 1. The summed E-state index contributed by atoms with van der Waals surface area (Å²) in [4.78, 5) is 36.5. The summed E-state index contributed by atoms with van der Waals surface area (Å²) in [6, 6.07) is 7.90. The van der Waals surface area contributed by atoms with Gasteiger partial charge in [-0.3, -0.25) is 9.59 Å². The molecule has 1 saturated heterocycles. The third kappa shape index (κ3) is 1.92. The molecule has 3 heterocycles. The molecule has 1 aromatic heterocycles. The van der Waals surface area contributed by atoms with Gasteiger partial charge in [0, 0.05) is 31.5 Å². The number of anilines is 1. The average molecular weight is 324 g/mol. The van der Waals surface area contributed by atoms with Gasteiger partial charge >= 0.3 is 0 Å². The van der Waals surface area contributed by atoms with Crippen LogP contribution in [0.5, 0.6) is 0 Å². The number of imidazole rings is 1. The van der Waals surface area contributed by atoms with Crippen molar-refractivity contribution in [3.63, 3.8) is 0 Å². The van der Waals surface area contributed by atoms with Crippen molar-refractivity contribution in [3.8, 4) is 0 Å². The number of aryl methyl sites for hydroxylation is 1. The van der Waals surface area contributed by atoms with E-state index in [2.05, 4.69) is 9.97 Å². The molecular formula is C18H20N4O2. The topological polar surface area (TPSA) is 69.3 Å². The number of carbonyl (C=O) groups excluding carboxylic acids is 2. The van der Waals surface area contributed by atoms with Gasteiger partial charge in [-0.2, -0.15) is 0 Å². The lowest BCUT2D eigenvalue weighted by molar-refractivity contribution is -0.124. The first kappa shape index (κ1) is 14.9. The maximum atomic E-state index is 13.0. The highest BCUT2D eigenvalue weighted by molar-refractivity contribution is 6.08. The minimum atomic E-state index is -0.622. The molecule has 2 amide bonds. The summed E-state index contributed by atoms with van der Waals surface area (Å²) in [5, 5.41) is 0. The Morgan fingerprint density at radius 1 is 1.33 bits per heavy atom. The zero-order valence-electron chi connectivity index (χ0n) is 13.9. The number of carbonyl (C=O) groups is 2. The molecule has 1 atom stereocenters. The summed E-state index contributed by atoms with van der Waals surface area (Å²) < 4.78 is 0. The number of aromatic nitrogens is 2. The predicted octanol–water partition coefficient (Wildman–Crippen LogP) is 1.87. The smallest absolute Gasteiger partial charge is 0.274 e. The van der Waals surface area contributed by atoms with E-state index in [-0.39, 0.29) is 11.8 Å². The molecule has 2 aliphatic heterocycles. The van der Waals surface area contributed by atoms with Crippen molar-refractivity contribution in [1.29, 1.82) is 0 Å². The highest BCUT2D eigenvalue weighted by atomic mass is 16.2. The third-order valence-electron chi connectivity index (χ3n) is 5.31. The van der Waals surface area contributed by atoms with Crippen LogP contribution in [-0.4, -0.2) is 46.8 Å². The number of likely N-dealkylation sites (tertiary alicyclic amines) is 1. The van der Waals surface area contributed by atoms with Gasteiger partial charge in [-0.05, 0) is 31.4 Å². The molecule has 0 aliphatic carbocycles. The molecule has 0 unspecified atom stereocenters. The first-order valence-corrected chi connectivity index (χ1v) is 8.21. The lowest BCUT2D eigenvalue weighted by Crippen LogP contribution is -2.53. The minimum Gasteiger partial charge on any atom is -0.348 e. The largest absolute Gasteiger partial charge is 0.348 e. The number of nitrogens with zero attached hydrogens (tertiary/aromatic N) is 3. The Bertz CT molecular complexity index is 828. The Morgan fingerprint density at radius 3 is 2.88 bits per heavy atom. The molecule has 1 N–H and O–H groups in total. The summed E-state index contributed by atoms with van der Waals surface area (Å²) >= 11 is 0. The Labute approximate surface area is 140 Å². The van der Waals surface area contributed by atoms with Gasteiger partial charge in [0.1, 0.15) is 5.69 Å². The van der Waals surface area contributed by atoms with Crippen molar-refractivity contribution in [1.82, 2.24) is 14.9 Å². The van der Waals surface area contributed by atoms with Crippen LogP contribution in [0.3, 0.4) is 0 Å². The summed E-state index contributed by atoms with van der Waals surface area (Å²) in [5.74, 6) is -0.0207. The molecule has 124 valence electrons. The van der Waals surface area contributed by atoms with Crippen LogP contribution in [0.2, 0.25) is 0 Å². The number of fused-ring (bicyclic) bond motifs is 2. The van der Waals surface area contributed by atoms with Gasteiger partial charge in [0.15, 0.2) is 0 Å². The number of rotatable bonds is 1. The van der Waals surface area contributed by atoms with Gasteiger partial charge in [-0.25, -0.2) is 4.98 Å². The fourth-order valence-electron chi connectivity index (χ4n) is 4.06. The van der Waals surface area contributed by atoms with Crippen LogP contribution < -0.4 is 4.90 Å². The zero-order chi connectivity index (χ0) is 16.9. The number of H-pyrrole nitrogens is 1. The number of likely N-dealkylation sites (N-methyl/N-ethyl adjacent to an activating group) is 1. The molecule has 0 bridgehead atoms. The summed E-state index contributed by atoms with van der Waals surface area (Å²) in [5.41, 5.74) is 2.57. The number of aromatic amines is 1. The van der Waals surface area contributed by atoms with Gasteiger partial charge in [-0.1, -0.05) is 18.2 Å². The zero-order valence-corrected chi connectivity index (χ0v) is 13.9. The van der Waals surface area contributed by atoms with Crippen molar-refractivity contribution < 1.29 is 9.59 Å². The molecule has 2 aromatic rings. The Balaban J connectivity index is 1.72. The SMILES string of the molecule is Cc1[nH]cnc1C(=O)N1CCC[C@]2(C1)C(=O)N(C)c1ccccc12. The number of piperidine rings is 1. The van der Waals surface area contributed by atoms with Gasteiger partial charge < -0.3 is 14.8 Å². The molecule has 24 heavy (non-hydrogen) atoms. The Hall–Kier alpha value is -2.63. The van der Waals surface area contributed by atoms with Gasteiger partial charge in [0.05, 0.1) is 11.7 Å². The Morgan fingerprint density at radius 2 is 2.12 bits per heavy atom. The number of amides is 2. The van der Waals surface area contributed by atoms with Crippen molar-refractivity contribution in [3.05, 3.63) is 47.5 Å². The summed E-state index contributed by atoms with van der Waals surface area (Å²) in [6.45, 7) is 2.91. The van der Waals surface area contributed by atoms with Crippen LogP contribution in [0, 0.1) is 6.92 Å². The van der Waals surface area contributed by atoms with Crippen LogP contribution >= 0.6 is 0 Å². The fourth-order valence-corrected chi connectivity index (χ4v) is 4.06. The number of para-hydroxylation sites is 1. The van der Waals surface area contributed by atoms with Crippen molar-refractivity contribution in [2.75, 3.05) is 25.0 Å². The van der Waals surface area contributed by atoms with Crippen LogP contribution in [0.1, 0.15) is 34.6 Å². The normalized spacial score (nSPS) is 23.0. The molecule has 4 rings (SSSR count). The summed E-state index contributed by atoms with van der Waals surface area (Å²) in [6.07, 6.45) is 3.12. The van der Waals surface area contributed by atoms with Crippen molar-refractivity contribution in [2.45, 2.75) is 25.2 Å². The maximum absolute atomic E-state index is 13.0. The molecule has 1 spiro atoms. The number of nitrogens with one attached hydrogen (secondary N) is 1. The number of hydrogen-bond acceptors (Lipinski definition) is 3. The van der Waals surface area contributed by atoms with Crippen LogP contribution in [0.15, 0.2) is 30.6 Å². The molecule has 2 aliphatic rings. The van der Waals surface area contributed by atoms with Crippen molar-refractivity contribution >= 4 is 17.5 Å². The van der Waals surface area contributed by atoms with E-state index in [1.165, 1.54) is 6.33 Å². The van der Waals surface area contributed by atoms with E-state index in [0.717, 1.165) is 29.8 Å². The average Bonchev–Trinajstić information content (AvgIpc) is 3.12. The van der Waals surface area contributed by atoms with Crippen molar-refractivity contribution in [2.24, 2.45) is 0 Å². The molecule has 6 heteroatoms. The lowest BCUT2D eigenvalue weighted by atomic mass is 9.75. The number of benzene rings is 1. The highest BCUT2D eigenvalue weighted by Gasteiger charge is 2.52. The molecular weight excluding hydrogens is 304 g/mol. The second-order valence-electron chi connectivity index (χ2n) is 6.67. The van der Waals surface area contributed by atoms with E-state index in [0.29, 0.717) is 18.8 Å². The van der Waals surface area contributed by atoms with Gasteiger partial charge in [0.2, 0.25) is 5.91 Å². The second kappa shape index (κ2) is 5.19. The first-order chi connectivity index (χ1) is 11.5. The third-order valence-corrected chi connectivity index (χ3v) is 5.31. The van der Waals surface area contributed by atoms with Crippen LogP contribution in [0.25, 0.3) is 0 Å². The van der Waals surface area contributed by atoms with Gasteiger partial charge in [0.25, 0.3) is 5.91 Å². The first-order valence-electron chi connectivity index (χ1n) is 8.21. The second-order valence-corrected chi connectivity index (χ2v) is 6.67. The monoisotopic (exact) mass is 324 g/mol. The van der Waals surface area contributed by atoms with Crippen LogP contribution in [-0.2, 0) is 10.2 Å². The van der Waals surface area contributed by atoms with E-state index < -0.39 is 5.41 Å². The standard InChI is InChI=1S/C18H20N4O2/c1-12-15(20-11-19-12)16(23)22-9-5-8-18(10-22)13-6-3-4-7-14(13)21(2)17(18)24/h3-4,6-7,11H,5,8-10H2,1-2H3,(H,19,20)/t18-/m1/s1. The van der Waals surface area contributed by atoms with E-state index in [9.17, 15) is 9.59 Å². The molecule has 1 aromatic carbocycles. The quantitative estimate of drug-likeness (QED) is 0.870. The highest BCUT2D eigenvalue weighted by Crippen LogP contribution is 2.46. The Kier molecular flexibility index (Phi) is 3.23.